The average Bonchev–Trinajstić information content (AvgIpc) is 2.63. The number of aromatic nitrogens is 5. The number of nitrogen functional groups attached to an aromatic ring is 1. The molecule has 2 heterocycles. The molecule has 2 aromatic heterocycles. The smallest absolute Gasteiger partial charge is 0.224 e. The Bertz CT molecular complexity index is 451. The first-order chi connectivity index (χ1) is 6.68. The lowest BCUT2D eigenvalue weighted by molar-refractivity contribution is 0.837. The Hall–Kier alpha value is -1.69. The molecule has 0 aliphatic carbocycles. The predicted octanol–water partition coefficient (Wildman–Crippen LogP) is 0.601. The number of halogens is 1. The van der Waals surface area contributed by atoms with Crippen molar-refractivity contribution in [2.45, 2.75) is 6.92 Å². The van der Waals surface area contributed by atoms with Crippen molar-refractivity contribution in [3.05, 3.63) is 23.6 Å². The van der Waals surface area contributed by atoms with Gasteiger partial charge in [-0.1, -0.05) is 0 Å². The summed E-state index contributed by atoms with van der Waals surface area (Å²) in [7, 11) is 0. The van der Waals surface area contributed by atoms with Crippen LogP contribution in [-0.2, 0) is 0 Å². The molecule has 0 fully saturated rings. The highest BCUT2D eigenvalue weighted by Crippen LogP contribution is 2.18. The molecule has 0 aromatic carbocycles. The first kappa shape index (κ1) is 8.89. The van der Waals surface area contributed by atoms with E-state index in [1.807, 2.05) is 0 Å². The Morgan fingerprint density at radius 1 is 1.43 bits per heavy atom. The first-order valence-corrected chi connectivity index (χ1v) is 4.21. The molecule has 0 saturated heterocycles. The van der Waals surface area contributed by atoms with Crippen LogP contribution in [0.15, 0.2) is 12.7 Å². The summed E-state index contributed by atoms with van der Waals surface area (Å²) in [5.74, 6) is 0.444. The molecule has 0 aliphatic rings. The summed E-state index contributed by atoms with van der Waals surface area (Å²) < 4.78 is 1.44. The summed E-state index contributed by atoms with van der Waals surface area (Å²) in [6.07, 6.45) is 2.89. The lowest BCUT2D eigenvalue weighted by atomic mass is 10.3. The topological polar surface area (TPSA) is 82.5 Å². The SMILES string of the molecule is Cc1nc(Cl)nc(-n2cncn2)c1N. The fourth-order valence-corrected chi connectivity index (χ4v) is 1.23. The van der Waals surface area contributed by atoms with Crippen molar-refractivity contribution < 1.29 is 0 Å². The first-order valence-electron chi connectivity index (χ1n) is 3.83. The summed E-state index contributed by atoms with van der Waals surface area (Å²) in [6, 6.07) is 0. The highest BCUT2D eigenvalue weighted by molar-refractivity contribution is 6.28. The fraction of sp³-hybridized carbons (Fsp3) is 0.143. The van der Waals surface area contributed by atoms with Crippen molar-refractivity contribution in [1.82, 2.24) is 24.7 Å². The maximum absolute atomic E-state index is 5.77. The predicted molar refractivity (Wildman–Crippen MR) is 51.1 cm³/mol. The highest BCUT2D eigenvalue weighted by atomic mass is 35.5. The molecule has 0 atom stereocenters. The number of nitrogens with two attached hydrogens (primary N) is 1. The number of hydrogen-bond acceptors (Lipinski definition) is 5. The van der Waals surface area contributed by atoms with Crippen molar-refractivity contribution in [2.24, 2.45) is 0 Å². The van der Waals surface area contributed by atoms with Crippen molar-refractivity contribution in [3.8, 4) is 5.82 Å². The second-order valence-electron chi connectivity index (χ2n) is 2.66. The second-order valence-corrected chi connectivity index (χ2v) is 2.99. The van der Waals surface area contributed by atoms with Gasteiger partial charge in [0.2, 0.25) is 5.28 Å². The van der Waals surface area contributed by atoms with E-state index in [1.54, 1.807) is 6.92 Å². The van der Waals surface area contributed by atoms with Crippen LogP contribution in [0, 0.1) is 6.92 Å². The third kappa shape index (κ3) is 1.39. The molecule has 14 heavy (non-hydrogen) atoms. The van der Waals surface area contributed by atoms with Crippen molar-refractivity contribution in [2.75, 3.05) is 5.73 Å². The molecule has 6 nitrogen and oxygen atoms in total. The third-order valence-corrected chi connectivity index (χ3v) is 1.89. The molecule has 2 aromatic rings. The molecule has 0 unspecified atom stereocenters. The summed E-state index contributed by atoms with van der Waals surface area (Å²) in [5, 5.41) is 4.05. The van der Waals surface area contributed by atoms with E-state index in [9.17, 15) is 0 Å². The Kier molecular flexibility index (Phi) is 2.05. The van der Waals surface area contributed by atoms with Gasteiger partial charge in [0.05, 0.1) is 11.4 Å². The Morgan fingerprint density at radius 3 is 2.86 bits per heavy atom. The lowest BCUT2D eigenvalue weighted by Crippen LogP contribution is -2.07. The molecule has 0 radical (unpaired) electrons. The summed E-state index contributed by atoms with van der Waals surface area (Å²) in [6.45, 7) is 1.75. The van der Waals surface area contributed by atoms with Crippen molar-refractivity contribution in [1.29, 1.82) is 0 Å². The van der Waals surface area contributed by atoms with Crippen LogP contribution in [0.3, 0.4) is 0 Å². The van der Waals surface area contributed by atoms with Crippen LogP contribution in [0.2, 0.25) is 5.28 Å². The number of hydrogen-bond donors (Lipinski definition) is 1. The van der Waals surface area contributed by atoms with E-state index in [1.165, 1.54) is 17.3 Å². The van der Waals surface area contributed by atoms with Gasteiger partial charge in [0.1, 0.15) is 12.7 Å². The van der Waals surface area contributed by atoms with Gasteiger partial charge in [-0.2, -0.15) is 10.1 Å². The lowest BCUT2D eigenvalue weighted by Gasteiger charge is -2.05. The number of aryl methyl sites for hydroxylation is 1. The van der Waals surface area contributed by atoms with E-state index in [4.69, 9.17) is 17.3 Å². The van der Waals surface area contributed by atoms with E-state index >= 15 is 0 Å². The van der Waals surface area contributed by atoms with Crippen LogP contribution in [0.1, 0.15) is 5.69 Å². The van der Waals surface area contributed by atoms with E-state index in [0.29, 0.717) is 17.2 Å². The van der Waals surface area contributed by atoms with Crippen LogP contribution >= 0.6 is 11.6 Å². The fourth-order valence-electron chi connectivity index (χ4n) is 1.03. The van der Waals surface area contributed by atoms with Gasteiger partial charge in [-0.15, -0.1) is 0 Å². The molecule has 0 bridgehead atoms. The minimum atomic E-state index is 0.141. The summed E-state index contributed by atoms with van der Waals surface area (Å²) in [5.41, 5.74) is 6.84. The molecule has 7 heteroatoms. The number of anilines is 1. The van der Waals surface area contributed by atoms with Gasteiger partial charge in [0.15, 0.2) is 5.82 Å². The van der Waals surface area contributed by atoms with E-state index in [-0.39, 0.29) is 5.28 Å². The Morgan fingerprint density at radius 2 is 2.21 bits per heavy atom. The third-order valence-electron chi connectivity index (χ3n) is 1.72. The Balaban J connectivity index is 2.64. The second kappa shape index (κ2) is 3.22. The Labute approximate surface area is 84.8 Å². The number of nitrogens with zero attached hydrogens (tertiary/aromatic N) is 5. The molecule has 0 amide bonds. The van der Waals surface area contributed by atoms with Gasteiger partial charge in [-0.3, -0.25) is 0 Å². The average molecular weight is 211 g/mol. The van der Waals surface area contributed by atoms with Crippen LogP contribution in [0.5, 0.6) is 0 Å². The van der Waals surface area contributed by atoms with Gasteiger partial charge in [-0.05, 0) is 18.5 Å². The zero-order valence-electron chi connectivity index (χ0n) is 7.35. The van der Waals surface area contributed by atoms with Crippen LogP contribution in [0.25, 0.3) is 5.82 Å². The molecule has 2 rings (SSSR count). The molecular weight excluding hydrogens is 204 g/mol. The molecular formula is C7H7ClN6. The molecule has 72 valence electrons. The van der Waals surface area contributed by atoms with Crippen LogP contribution in [-0.4, -0.2) is 24.7 Å². The van der Waals surface area contributed by atoms with E-state index < -0.39 is 0 Å². The van der Waals surface area contributed by atoms with Gasteiger partial charge in [0.25, 0.3) is 0 Å². The van der Waals surface area contributed by atoms with Gasteiger partial charge in [-0.25, -0.2) is 14.6 Å². The molecule has 0 spiro atoms. The monoisotopic (exact) mass is 210 g/mol. The zero-order chi connectivity index (χ0) is 10.1. The highest BCUT2D eigenvalue weighted by Gasteiger charge is 2.09. The molecule has 0 aliphatic heterocycles. The van der Waals surface area contributed by atoms with Crippen molar-refractivity contribution in [3.63, 3.8) is 0 Å². The maximum Gasteiger partial charge on any atom is 0.224 e. The van der Waals surface area contributed by atoms with E-state index in [0.717, 1.165) is 0 Å². The van der Waals surface area contributed by atoms with Crippen LogP contribution in [0.4, 0.5) is 5.69 Å². The minimum absolute atomic E-state index is 0.141. The quantitative estimate of drug-likeness (QED) is 0.697. The van der Waals surface area contributed by atoms with Crippen LogP contribution < -0.4 is 5.73 Å². The van der Waals surface area contributed by atoms with E-state index in [2.05, 4.69) is 20.1 Å². The van der Waals surface area contributed by atoms with Crippen molar-refractivity contribution >= 4 is 17.3 Å². The minimum Gasteiger partial charge on any atom is -0.394 e. The summed E-state index contributed by atoms with van der Waals surface area (Å²) >= 11 is 5.70. The number of rotatable bonds is 1. The van der Waals surface area contributed by atoms with Gasteiger partial charge < -0.3 is 5.73 Å². The maximum atomic E-state index is 5.77. The standard InChI is InChI=1S/C7H7ClN6/c1-4-5(9)6(13-7(8)12-4)14-3-10-2-11-14/h2-3H,9H2,1H3. The van der Waals surface area contributed by atoms with Gasteiger partial charge >= 0.3 is 0 Å². The zero-order valence-corrected chi connectivity index (χ0v) is 8.10. The van der Waals surface area contributed by atoms with Gasteiger partial charge in [0, 0.05) is 0 Å². The molecule has 0 saturated carbocycles. The largest absolute Gasteiger partial charge is 0.394 e. The molecule has 2 N–H and O–H groups in total. The summed E-state index contributed by atoms with van der Waals surface area (Å²) in [4.78, 5) is 11.7. The normalized spacial score (nSPS) is 10.4.